The van der Waals surface area contributed by atoms with E-state index in [1.54, 1.807) is 11.3 Å². The summed E-state index contributed by atoms with van der Waals surface area (Å²) in [6.45, 7) is 2.02. The summed E-state index contributed by atoms with van der Waals surface area (Å²) < 4.78 is 1.04. The van der Waals surface area contributed by atoms with Crippen LogP contribution in [0.2, 0.25) is 0 Å². The van der Waals surface area contributed by atoms with Gasteiger partial charge in [-0.3, -0.25) is 4.79 Å². The Morgan fingerprint density at radius 1 is 1.43 bits per heavy atom. The molecule has 1 fully saturated rings. The van der Waals surface area contributed by atoms with E-state index in [0.29, 0.717) is 5.92 Å². The van der Waals surface area contributed by atoms with E-state index in [1.807, 2.05) is 13.0 Å². The summed E-state index contributed by atoms with van der Waals surface area (Å²) in [6.07, 6.45) is 5.00. The van der Waals surface area contributed by atoms with E-state index < -0.39 is 0 Å². The number of halogens is 1. The first-order chi connectivity index (χ1) is 10.1. The molecule has 1 unspecified atom stereocenters. The van der Waals surface area contributed by atoms with E-state index in [2.05, 4.69) is 38.8 Å². The molecular formula is C16H18BrNOS2. The van der Waals surface area contributed by atoms with Crippen molar-refractivity contribution in [1.29, 1.82) is 0 Å². The zero-order valence-corrected chi connectivity index (χ0v) is 15.1. The Balaban J connectivity index is 1.79. The average molecular weight is 384 g/mol. The maximum absolute atomic E-state index is 12.6. The van der Waals surface area contributed by atoms with E-state index >= 15 is 0 Å². The molecule has 2 aromatic heterocycles. The number of carbonyl (C=O) groups is 1. The third kappa shape index (κ3) is 3.41. The molecule has 5 heteroatoms. The number of rotatable bonds is 4. The molecule has 0 aliphatic heterocycles. The van der Waals surface area contributed by atoms with Crippen LogP contribution < -0.4 is 5.32 Å². The monoisotopic (exact) mass is 383 g/mol. The van der Waals surface area contributed by atoms with Gasteiger partial charge in [-0.15, -0.1) is 22.7 Å². The molecule has 2 nitrogen and oxygen atoms in total. The van der Waals surface area contributed by atoms with Gasteiger partial charge in [0.05, 0.1) is 14.7 Å². The molecule has 112 valence electrons. The maximum Gasteiger partial charge on any atom is 0.261 e. The summed E-state index contributed by atoms with van der Waals surface area (Å²) in [4.78, 5) is 14.6. The highest BCUT2D eigenvalue weighted by Gasteiger charge is 2.29. The normalized spacial score (nSPS) is 17.0. The van der Waals surface area contributed by atoms with Crippen molar-refractivity contribution in [2.24, 2.45) is 5.92 Å². The fourth-order valence-corrected chi connectivity index (χ4v) is 5.27. The molecule has 1 atom stereocenters. The Kier molecular flexibility index (Phi) is 4.82. The average Bonchev–Trinajstić information content (AvgIpc) is 3.19. The molecule has 1 saturated carbocycles. The minimum Gasteiger partial charge on any atom is -0.343 e. The van der Waals surface area contributed by atoms with Crippen LogP contribution in [0, 0.1) is 12.8 Å². The molecule has 1 amide bonds. The molecule has 21 heavy (non-hydrogen) atoms. The van der Waals surface area contributed by atoms with Crippen molar-refractivity contribution < 1.29 is 4.79 Å². The van der Waals surface area contributed by atoms with Gasteiger partial charge in [-0.05, 0) is 64.7 Å². The first kappa shape index (κ1) is 15.3. The minimum atomic E-state index is 0.0547. The fraction of sp³-hybridized carbons (Fsp3) is 0.438. The van der Waals surface area contributed by atoms with Gasteiger partial charge < -0.3 is 5.32 Å². The molecule has 0 saturated heterocycles. The van der Waals surface area contributed by atoms with Crippen LogP contribution in [0.5, 0.6) is 0 Å². The Morgan fingerprint density at radius 3 is 2.76 bits per heavy atom. The first-order valence-electron chi connectivity index (χ1n) is 7.25. The SMILES string of the molecule is Cc1cc(C(=O)NC(c2cccs2)C2CCCC2)sc1Br. The van der Waals surface area contributed by atoms with Gasteiger partial charge in [0.15, 0.2) is 0 Å². The summed E-state index contributed by atoms with van der Waals surface area (Å²) >= 11 is 6.75. The second-order valence-corrected chi connectivity index (χ2v) is 8.93. The van der Waals surface area contributed by atoms with E-state index in [9.17, 15) is 4.79 Å². The summed E-state index contributed by atoms with van der Waals surface area (Å²) in [5.74, 6) is 0.635. The Labute approximate surface area is 141 Å². The van der Waals surface area contributed by atoms with Crippen molar-refractivity contribution in [2.75, 3.05) is 0 Å². The van der Waals surface area contributed by atoms with Crippen molar-refractivity contribution in [3.8, 4) is 0 Å². The second-order valence-electron chi connectivity index (χ2n) is 5.58. The topological polar surface area (TPSA) is 29.1 Å². The standard InChI is InChI=1S/C16H18BrNOS2/c1-10-9-13(21-15(10)17)16(19)18-14(11-5-2-3-6-11)12-7-4-8-20-12/h4,7-9,11,14H,2-3,5-6H2,1H3,(H,18,19). The van der Waals surface area contributed by atoms with Crippen LogP contribution in [0.25, 0.3) is 0 Å². The number of nitrogens with one attached hydrogen (secondary N) is 1. The third-order valence-electron chi connectivity index (χ3n) is 4.09. The number of carbonyl (C=O) groups excluding carboxylic acids is 1. The largest absolute Gasteiger partial charge is 0.343 e. The number of hydrogen-bond acceptors (Lipinski definition) is 3. The fourth-order valence-electron chi connectivity index (χ4n) is 2.96. The van der Waals surface area contributed by atoms with E-state index in [1.165, 1.54) is 41.9 Å². The molecule has 0 radical (unpaired) electrons. The van der Waals surface area contributed by atoms with Gasteiger partial charge in [0.2, 0.25) is 0 Å². The van der Waals surface area contributed by atoms with Gasteiger partial charge in [-0.1, -0.05) is 18.9 Å². The first-order valence-corrected chi connectivity index (χ1v) is 9.74. The van der Waals surface area contributed by atoms with Gasteiger partial charge in [0, 0.05) is 4.88 Å². The molecule has 1 N–H and O–H groups in total. The smallest absolute Gasteiger partial charge is 0.261 e. The zero-order chi connectivity index (χ0) is 14.8. The van der Waals surface area contributed by atoms with Crippen molar-refractivity contribution >= 4 is 44.5 Å². The lowest BCUT2D eigenvalue weighted by molar-refractivity contribution is 0.0927. The van der Waals surface area contributed by atoms with Gasteiger partial charge in [-0.25, -0.2) is 0 Å². The zero-order valence-electron chi connectivity index (χ0n) is 11.9. The minimum absolute atomic E-state index is 0.0547. The van der Waals surface area contributed by atoms with Crippen LogP contribution in [0.15, 0.2) is 27.4 Å². The molecule has 0 aromatic carbocycles. The number of thiophene rings is 2. The molecule has 2 aromatic rings. The Bertz CT molecular complexity index is 595. The van der Waals surface area contributed by atoms with Crippen molar-refractivity contribution in [2.45, 2.75) is 38.6 Å². The quantitative estimate of drug-likeness (QED) is 0.737. The Hall–Kier alpha value is -0.650. The van der Waals surface area contributed by atoms with Crippen molar-refractivity contribution in [3.63, 3.8) is 0 Å². The highest BCUT2D eigenvalue weighted by atomic mass is 79.9. The van der Waals surface area contributed by atoms with Crippen LogP contribution in [0.3, 0.4) is 0 Å². The summed E-state index contributed by atoms with van der Waals surface area (Å²) in [5.41, 5.74) is 1.12. The van der Waals surface area contributed by atoms with Gasteiger partial charge in [-0.2, -0.15) is 0 Å². The highest BCUT2D eigenvalue weighted by molar-refractivity contribution is 9.11. The second kappa shape index (κ2) is 6.63. The number of hydrogen-bond donors (Lipinski definition) is 1. The lowest BCUT2D eigenvalue weighted by Crippen LogP contribution is -2.31. The lowest BCUT2D eigenvalue weighted by Gasteiger charge is -2.23. The number of amides is 1. The summed E-state index contributed by atoms with van der Waals surface area (Å²) in [7, 11) is 0. The van der Waals surface area contributed by atoms with Crippen LogP contribution in [0.1, 0.15) is 51.8 Å². The molecular weight excluding hydrogens is 366 g/mol. The molecule has 0 spiro atoms. The van der Waals surface area contributed by atoms with Crippen molar-refractivity contribution in [1.82, 2.24) is 5.32 Å². The van der Waals surface area contributed by atoms with Gasteiger partial charge in [0.25, 0.3) is 5.91 Å². The maximum atomic E-state index is 12.6. The molecule has 0 bridgehead atoms. The molecule has 3 rings (SSSR count). The summed E-state index contributed by atoms with van der Waals surface area (Å²) in [5, 5.41) is 5.37. The van der Waals surface area contributed by atoms with E-state index in [4.69, 9.17) is 0 Å². The van der Waals surface area contributed by atoms with Crippen LogP contribution >= 0.6 is 38.6 Å². The predicted octanol–water partition coefficient (Wildman–Crippen LogP) is 5.54. The molecule has 2 heterocycles. The third-order valence-corrected chi connectivity index (χ3v) is 7.18. The predicted molar refractivity (Wildman–Crippen MR) is 93.2 cm³/mol. The lowest BCUT2D eigenvalue weighted by atomic mass is 9.96. The van der Waals surface area contributed by atoms with Crippen LogP contribution in [0.4, 0.5) is 0 Å². The highest BCUT2D eigenvalue weighted by Crippen LogP contribution is 2.38. The van der Waals surface area contributed by atoms with Crippen LogP contribution in [-0.2, 0) is 0 Å². The van der Waals surface area contributed by atoms with Gasteiger partial charge in [0.1, 0.15) is 0 Å². The van der Waals surface area contributed by atoms with Crippen LogP contribution in [-0.4, -0.2) is 5.91 Å². The van der Waals surface area contributed by atoms with E-state index in [0.717, 1.165) is 14.2 Å². The van der Waals surface area contributed by atoms with Crippen molar-refractivity contribution in [3.05, 3.63) is 42.7 Å². The molecule has 1 aliphatic rings. The Morgan fingerprint density at radius 2 is 2.19 bits per heavy atom. The van der Waals surface area contributed by atoms with E-state index in [-0.39, 0.29) is 11.9 Å². The summed E-state index contributed by atoms with van der Waals surface area (Å²) in [6, 6.07) is 6.34. The number of aryl methyl sites for hydroxylation is 1. The molecule has 1 aliphatic carbocycles. The van der Waals surface area contributed by atoms with Gasteiger partial charge >= 0.3 is 0 Å².